The van der Waals surface area contributed by atoms with E-state index in [1.807, 2.05) is 4.90 Å². The number of hydrogen-bond acceptors (Lipinski definition) is 3. The van der Waals surface area contributed by atoms with Crippen molar-refractivity contribution in [2.24, 2.45) is 5.92 Å². The minimum atomic E-state index is -4.50. The molecule has 1 saturated heterocycles. The number of aliphatic hydroxyl groups is 1. The van der Waals surface area contributed by atoms with Gasteiger partial charge in [0.15, 0.2) is 0 Å². The highest BCUT2D eigenvalue weighted by Gasteiger charge is 2.33. The van der Waals surface area contributed by atoms with Crippen molar-refractivity contribution in [2.45, 2.75) is 19.0 Å². The Balaban J connectivity index is 1.98. The number of aliphatic hydroxyl groups excluding tert-OH is 1. The van der Waals surface area contributed by atoms with Crippen molar-refractivity contribution in [1.82, 2.24) is 4.90 Å². The van der Waals surface area contributed by atoms with Gasteiger partial charge in [-0.2, -0.15) is 13.2 Å². The summed E-state index contributed by atoms with van der Waals surface area (Å²) in [7, 11) is 0. The average Bonchev–Trinajstić information content (AvgIpc) is 2.46. The van der Waals surface area contributed by atoms with E-state index in [4.69, 9.17) is 5.11 Å². The molecule has 1 atom stereocenters. The molecular weight excluding hydrogens is 297 g/mol. The van der Waals surface area contributed by atoms with Crippen molar-refractivity contribution >= 4 is 11.6 Å². The molecule has 2 rings (SSSR count). The molecule has 0 aromatic heterocycles. The van der Waals surface area contributed by atoms with Gasteiger partial charge in [0.2, 0.25) is 5.91 Å². The molecule has 7 heteroatoms. The number of likely N-dealkylation sites (tertiary alicyclic amines) is 1. The van der Waals surface area contributed by atoms with Gasteiger partial charge in [0.25, 0.3) is 0 Å². The lowest BCUT2D eigenvalue weighted by atomic mass is 9.99. The predicted octanol–water partition coefficient (Wildman–Crippen LogP) is 2.35. The number of rotatable bonds is 4. The van der Waals surface area contributed by atoms with E-state index in [0.29, 0.717) is 13.1 Å². The first kappa shape index (κ1) is 16.8. The zero-order chi connectivity index (χ0) is 16.2. The molecule has 4 nitrogen and oxygen atoms in total. The summed E-state index contributed by atoms with van der Waals surface area (Å²) < 4.78 is 38.6. The summed E-state index contributed by atoms with van der Waals surface area (Å²) in [6.07, 6.45) is -2.72. The van der Waals surface area contributed by atoms with Crippen LogP contribution in [0.3, 0.4) is 0 Å². The molecule has 1 unspecified atom stereocenters. The molecule has 0 radical (unpaired) electrons. The van der Waals surface area contributed by atoms with Crippen molar-refractivity contribution in [3.8, 4) is 0 Å². The number of nitrogens with zero attached hydrogens (tertiary/aromatic N) is 1. The highest BCUT2D eigenvalue weighted by Crippen LogP contribution is 2.34. The van der Waals surface area contributed by atoms with E-state index in [2.05, 4.69) is 5.32 Å². The summed E-state index contributed by atoms with van der Waals surface area (Å²) in [6.45, 7) is 1.40. The first-order chi connectivity index (χ1) is 10.4. The van der Waals surface area contributed by atoms with E-state index in [0.717, 1.165) is 18.9 Å². The molecule has 1 aromatic carbocycles. The standard InChI is InChI=1S/C15H19F3N2O2/c16-15(17,18)12-5-1-2-6-13(12)19-14(22)9-20-7-3-4-11(8-20)10-21/h1-2,5-6,11,21H,3-4,7-10H2,(H,19,22). The lowest BCUT2D eigenvalue weighted by Gasteiger charge is -2.31. The van der Waals surface area contributed by atoms with Crippen LogP contribution >= 0.6 is 0 Å². The van der Waals surface area contributed by atoms with E-state index in [9.17, 15) is 18.0 Å². The molecule has 1 aliphatic heterocycles. The Hall–Kier alpha value is -1.60. The SMILES string of the molecule is O=C(CN1CCCC(CO)C1)Nc1ccccc1C(F)(F)F. The molecule has 0 aliphatic carbocycles. The number of halogens is 3. The number of anilines is 1. The average molecular weight is 316 g/mol. The van der Waals surface area contributed by atoms with E-state index < -0.39 is 17.6 Å². The zero-order valence-corrected chi connectivity index (χ0v) is 12.1. The maximum absolute atomic E-state index is 12.9. The number of benzene rings is 1. The fourth-order valence-electron chi connectivity index (χ4n) is 2.68. The van der Waals surface area contributed by atoms with Crippen LogP contribution in [0.25, 0.3) is 0 Å². The van der Waals surface area contributed by atoms with Crippen LogP contribution in [-0.2, 0) is 11.0 Å². The lowest BCUT2D eigenvalue weighted by Crippen LogP contribution is -2.41. The number of nitrogens with one attached hydrogen (secondary N) is 1. The van der Waals surface area contributed by atoms with Gasteiger partial charge >= 0.3 is 6.18 Å². The first-order valence-corrected chi connectivity index (χ1v) is 7.19. The summed E-state index contributed by atoms with van der Waals surface area (Å²) in [6, 6.07) is 4.92. The van der Waals surface area contributed by atoms with Gasteiger partial charge in [-0.3, -0.25) is 9.69 Å². The van der Waals surface area contributed by atoms with Gasteiger partial charge < -0.3 is 10.4 Å². The molecule has 0 spiro atoms. The Kier molecular flexibility index (Phi) is 5.42. The number of carbonyl (C=O) groups excluding carboxylic acids is 1. The summed E-state index contributed by atoms with van der Waals surface area (Å²) in [5.41, 5.74) is -1.08. The van der Waals surface area contributed by atoms with Gasteiger partial charge in [-0.05, 0) is 37.4 Å². The third kappa shape index (κ3) is 4.45. The van der Waals surface area contributed by atoms with Crippen LogP contribution in [0.2, 0.25) is 0 Å². The molecule has 1 fully saturated rings. The predicted molar refractivity (Wildman–Crippen MR) is 76.3 cm³/mol. The highest BCUT2D eigenvalue weighted by molar-refractivity contribution is 5.93. The normalized spacial score (nSPS) is 19.9. The van der Waals surface area contributed by atoms with Crippen molar-refractivity contribution in [1.29, 1.82) is 0 Å². The second kappa shape index (κ2) is 7.11. The van der Waals surface area contributed by atoms with Gasteiger partial charge in [-0.25, -0.2) is 0 Å². The summed E-state index contributed by atoms with van der Waals surface area (Å²) in [5, 5.41) is 11.5. The van der Waals surface area contributed by atoms with Gasteiger partial charge in [-0.15, -0.1) is 0 Å². The first-order valence-electron chi connectivity index (χ1n) is 7.19. The van der Waals surface area contributed by atoms with Crippen molar-refractivity contribution in [3.05, 3.63) is 29.8 Å². The molecule has 1 aromatic rings. The van der Waals surface area contributed by atoms with Crippen molar-refractivity contribution < 1.29 is 23.1 Å². The minimum absolute atomic E-state index is 0.0304. The maximum atomic E-state index is 12.9. The number of amides is 1. The van der Waals surface area contributed by atoms with Crippen molar-refractivity contribution in [2.75, 3.05) is 31.6 Å². The van der Waals surface area contributed by atoms with Crippen LogP contribution in [0, 0.1) is 5.92 Å². The molecule has 1 amide bonds. The van der Waals surface area contributed by atoms with E-state index in [1.165, 1.54) is 18.2 Å². The molecule has 22 heavy (non-hydrogen) atoms. The lowest BCUT2D eigenvalue weighted by molar-refractivity contribution is -0.137. The fraction of sp³-hybridized carbons (Fsp3) is 0.533. The van der Waals surface area contributed by atoms with Gasteiger partial charge in [-0.1, -0.05) is 12.1 Å². The van der Waals surface area contributed by atoms with Gasteiger partial charge in [0, 0.05) is 13.2 Å². The third-order valence-corrected chi connectivity index (χ3v) is 3.74. The van der Waals surface area contributed by atoms with Gasteiger partial charge in [0.05, 0.1) is 17.8 Å². The second-order valence-corrected chi connectivity index (χ2v) is 5.52. The maximum Gasteiger partial charge on any atom is 0.418 e. The van der Waals surface area contributed by atoms with Crippen LogP contribution in [0.4, 0.5) is 18.9 Å². The summed E-state index contributed by atoms with van der Waals surface area (Å²) >= 11 is 0. The highest BCUT2D eigenvalue weighted by atomic mass is 19.4. The van der Waals surface area contributed by atoms with Crippen molar-refractivity contribution in [3.63, 3.8) is 0 Å². The Morgan fingerprint density at radius 2 is 2.09 bits per heavy atom. The Morgan fingerprint density at radius 1 is 1.36 bits per heavy atom. The summed E-state index contributed by atoms with van der Waals surface area (Å²) in [5.74, 6) is -0.348. The zero-order valence-electron chi connectivity index (χ0n) is 12.1. The quantitative estimate of drug-likeness (QED) is 0.896. The molecule has 122 valence electrons. The van der Waals surface area contributed by atoms with Crippen LogP contribution in [0.15, 0.2) is 24.3 Å². The number of alkyl halides is 3. The Labute approximate surface area is 126 Å². The van der Waals surface area contributed by atoms with E-state index >= 15 is 0 Å². The number of carbonyl (C=O) groups is 1. The largest absolute Gasteiger partial charge is 0.418 e. The van der Waals surface area contributed by atoms with Crippen LogP contribution in [0.1, 0.15) is 18.4 Å². The molecule has 2 N–H and O–H groups in total. The van der Waals surface area contributed by atoms with Crippen LogP contribution in [0.5, 0.6) is 0 Å². The molecule has 1 heterocycles. The van der Waals surface area contributed by atoms with E-state index in [-0.39, 0.29) is 24.8 Å². The third-order valence-electron chi connectivity index (χ3n) is 3.74. The summed E-state index contributed by atoms with van der Waals surface area (Å²) in [4.78, 5) is 13.8. The number of piperidine rings is 1. The smallest absolute Gasteiger partial charge is 0.396 e. The van der Waals surface area contributed by atoms with Crippen LogP contribution < -0.4 is 5.32 Å². The Bertz CT molecular complexity index is 520. The van der Waals surface area contributed by atoms with Gasteiger partial charge in [0.1, 0.15) is 0 Å². The molecule has 0 bridgehead atoms. The number of para-hydroxylation sites is 1. The minimum Gasteiger partial charge on any atom is -0.396 e. The second-order valence-electron chi connectivity index (χ2n) is 5.52. The molecule has 1 aliphatic rings. The van der Waals surface area contributed by atoms with Crippen LogP contribution in [-0.4, -0.2) is 42.2 Å². The topological polar surface area (TPSA) is 52.6 Å². The number of hydrogen-bond donors (Lipinski definition) is 2. The fourth-order valence-corrected chi connectivity index (χ4v) is 2.68. The monoisotopic (exact) mass is 316 g/mol. The molecular formula is C15H19F3N2O2. The Morgan fingerprint density at radius 3 is 2.77 bits per heavy atom. The molecule has 0 saturated carbocycles. The van der Waals surface area contributed by atoms with E-state index in [1.54, 1.807) is 0 Å².